The van der Waals surface area contributed by atoms with Crippen molar-refractivity contribution >= 4 is 29.2 Å². The van der Waals surface area contributed by atoms with E-state index in [0.717, 1.165) is 0 Å². The molecule has 0 unspecified atom stereocenters. The molecule has 3 amide bonds. The van der Waals surface area contributed by atoms with Gasteiger partial charge in [0.25, 0.3) is 0 Å². The van der Waals surface area contributed by atoms with Crippen LogP contribution in [0.4, 0.5) is 10.5 Å². The van der Waals surface area contributed by atoms with Crippen LogP contribution in [0.25, 0.3) is 5.65 Å². The monoisotopic (exact) mass is 275 g/mol. The lowest BCUT2D eigenvalue weighted by Crippen LogP contribution is -2.49. The van der Waals surface area contributed by atoms with Crippen molar-refractivity contribution in [3.05, 3.63) is 24.2 Å². The summed E-state index contributed by atoms with van der Waals surface area (Å²) in [6.07, 6.45) is 4.09. The molecule has 2 aromatic heterocycles. The van der Waals surface area contributed by atoms with Gasteiger partial charge in [0.1, 0.15) is 5.69 Å². The van der Waals surface area contributed by atoms with Crippen LogP contribution in [0.15, 0.2) is 18.6 Å². The topological polar surface area (TPSA) is 117 Å². The third kappa shape index (κ3) is 1.85. The zero-order valence-electron chi connectivity index (χ0n) is 10.1. The van der Waals surface area contributed by atoms with Crippen LogP contribution in [-0.4, -0.2) is 44.2 Å². The van der Waals surface area contributed by atoms with Crippen molar-refractivity contribution in [2.75, 3.05) is 11.4 Å². The average molecular weight is 275 g/mol. The van der Waals surface area contributed by atoms with Gasteiger partial charge in [-0.15, -0.1) is 0 Å². The van der Waals surface area contributed by atoms with E-state index in [1.54, 1.807) is 0 Å². The summed E-state index contributed by atoms with van der Waals surface area (Å²) in [4.78, 5) is 39.1. The minimum Gasteiger partial charge on any atom is -0.478 e. The van der Waals surface area contributed by atoms with Gasteiger partial charge in [-0.25, -0.2) is 19.1 Å². The van der Waals surface area contributed by atoms with E-state index in [0.29, 0.717) is 11.3 Å². The van der Waals surface area contributed by atoms with E-state index in [4.69, 9.17) is 5.11 Å². The van der Waals surface area contributed by atoms with Gasteiger partial charge in [-0.1, -0.05) is 0 Å². The Balaban J connectivity index is 2.02. The summed E-state index contributed by atoms with van der Waals surface area (Å²) in [5.41, 5.74) is 0.761. The molecule has 0 aliphatic carbocycles. The number of carbonyl (C=O) groups is 3. The predicted octanol–water partition coefficient (Wildman–Crippen LogP) is -0.126. The van der Waals surface area contributed by atoms with Crippen molar-refractivity contribution in [3.8, 4) is 0 Å². The third-order valence-corrected chi connectivity index (χ3v) is 2.93. The van der Waals surface area contributed by atoms with Crippen LogP contribution in [0.1, 0.15) is 16.8 Å². The minimum absolute atomic E-state index is 0.00887. The predicted molar refractivity (Wildman–Crippen MR) is 65.4 cm³/mol. The van der Waals surface area contributed by atoms with Gasteiger partial charge in [0, 0.05) is 25.4 Å². The first-order valence-corrected chi connectivity index (χ1v) is 5.74. The maximum absolute atomic E-state index is 11.8. The minimum atomic E-state index is -1.11. The summed E-state index contributed by atoms with van der Waals surface area (Å²) < 4.78 is 1.28. The van der Waals surface area contributed by atoms with Crippen LogP contribution in [0.2, 0.25) is 0 Å². The first-order valence-electron chi connectivity index (χ1n) is 5.74. The summed E-state index contributed by atoms with van der Waals surface area (Å²) in [5.74, 6) is -1.44. The zero-order chi connectivity index (χ0) is 14.3. The lowest BCUT2D eigenvalue weighted by molar-refractivity contribution is -0.120. The third-order valence-electron chi connectivity index (χ3n) is 2.93. The maximum atomic E-state index is 11.8. The molecule has 0 spiro atoms. The Labute approximate surface area is 111 Å². The lowest BCUT2D eigenvalue weighted by Gasteiger charge is -2.24. The van der Waals surface area contributed by atoms with Gasteiger partial charge in [-0.05, 0) is 0 Å². The van der Waals surface area contributed by atoms with Crippen LogP contribution < -0.4 is 10.2 Å². The Bertz CT molecular complexity index is 737. The van der Waals surface area contributed by atoms with Gasteiger partial charge in [0.2, 0.25) is 5.91 Å². The van der Waals surface area contributed by atoms with Crippen LogP contribution in [0, 0.1) is 0 Å². The molecule has 2 aromatic rings. The van der Waals surface area contributed by atoms with Gasteiger partial charge in [-0.2, -0.15) is 5.10 Å². The molecule has 102 valence electrons. The number of amides is 3. The molecule has 0 aromatic carbocycles. The van der Waals surface area contributed by atoms with Crippen molar-refractivity contribution in [2.45, 2.75) is 6.42 Å². The molecular formula is C11H9N5O4. The Morgan fingerprint density at radius 1 is 1.35 bits per heavy atom. The smallest absolute Gasteiger partial charge is 0.338 e. The first-order chi connectivity index (χ1) is 9.56. The molecule has 2 N–H and O–H groups in total. The standard InChI is InChI=1S/C11H9N5O4/c17-8-1-2-15(11(20)14-8)7-4-13-16-5-6(10(18)19)3-12-9(7)16/h3-5H,1-2H2,(H,18,19)(H,14,17,20). The molecule has 1 saturated heterocycles. The first kappa shape index (κ1) is 12.1. The van der Waals surface area contributed by atoms with Crippen LogP contribution >= 0.6 is 0 Å². The molecule has 0 radical (unpaired) electrons. The van der Waals surface area contributed by atoms with Crippen LogP contribution in [0.5, 0.6) is 0 Å². The number of urea groups is 1. The van der Waals surface area contributed by atoms with E-state index in [2.05, 4.69) is 15.4 Å². The number of aromatic carboxylic acids is 1. The second-order valence-electron chi connectivity index (χ2n) is 4.20. The Morgan fingerprint density at radius 2 is 2.15 bits per heavy atom. The summed E-state index contributed by atoms with van der Waals surface area (Å²) in [6, 6.07) is -0.541. The van der Waals surface area contributed by atoms with Gasteiger partial charge in [-0.3, -0.25) is 15.0 Å². The largest absolute Gasteiger partial charge is 0.478 e. The quantitative estimate of drug-likeness (QED) is 0.788. The zero-order valence-corrected chi connectivity index (χ0v) is 10.1. The molecule has 1 aliphatic rings. The number of carboxylic acid groups (broad SMARTS) is 1. The fourth-order valence-electron chi connectivity index (χ4n) is 1.96. The number of nitrogens with zero attached hydrogens (tertiary/aromatic N) is 4. The number of carbonyl (C=O) groups excluding carboxylic acids is 2. The fourth-order valence-corrected chi connectivity index (χ4v) is 1.96. The lowest BCUT2D eigenvalue weighted by atomic mass is 10.3. The number of fused-ring (bicyclic) bond motifs is 1. The molecule has 0 bridgehead atoms. The second kappa shape index (κ2) is 4.30. The van der Waals surface area contributed by atoms with Crippen molar-refractivity contribution in [1.82, 2.24) is 19.9 Å². The molecule has 0 saturated carbocycles. The van der Waals surface area contributed by atoms with Gasteiger partial charge >= 0.3 is 12.0 Å². The van der Waals surface area contributed by atoms with Crippen LogP contribution in [-0.2, 0) is 4.79 Å². The van der Waals surface area contributed by atoms with E-state index < -0.39 is 12.0 Å². The number of rotatable bonds is 2. The summed E-state index contributed by atoms with van der Waals surface area (Å²) >= 11 is 0. The van der Waals surface area contributed by atoms with E-state index in [1.165, 1.54) is 28.0 Å². The van der Waals surface area contributed by atoms with E-state index in [-0.39, 0.29) is 24.4 Å². The Hall–Kier alpha value is -2.97. The van der Waals surface area contributed by atoms with Crippen molar-refractivity contribution in [3.63, 3.8) is 0 Å². The SMILES string of the molecule is O=C1CCN(c2cnn3cc(C(=O)O)cnc23)C(=O)N1. The van der Waals surface area contributed by atoms with E-state index in [1.807, 2.05) is 0 Å². The molecule has 3 rings (SSSR count). The number of hydrogen-bond acceptors (Lipinski definition) is 5. The fraction of sp³-hybridized carbons (Fsp3) is 0.182. The molecule has 1 aliphatic heterocycles. The maximum Gasteiger partial charge on any atom is 0.338 e. The highest BCUT2D eigenvalue weighted by Gasteiger charge is 2.27. The molecule has 3 heterocycles. The molecule has 9 nitrogen and oxygen atoms in total. The second-order valence-corrected chi connectivity index (χ2v) is 4.20. The summed E-state index contributed by atoms with van der Waals surface area (Å²) in [6.45, 7) is 0.231. The van der Waals surface area contributed by atoms with Crippen LogP contribution in [0.3, 0.4) is 0 Å². The average Bonchev–Trinajstić information content (AvgIpc) is 2.81. The number of hydrogen-bond donors (Lipinski definition) is 2. The molecular weight excluding hydrogens is 266 g/mol. The molecule has 20 heavy (non-hydrogen) atoms. The van der Waals surface area contributed by atoms with E-state index >= 15 is 0 Å². The van der Waals surface area contributed by atoms with Gasteiger partial charge < -0.3 is 5.11 Å². The number of nitrogens with one attached hydrogen (secondary N) is 1. The molecule has 9 heteroatoms. The number of carboxylic acids is 1. The molecule has 0 atom stereocenters. The van der Waals surface area contributed by atoms with E-state index in [9.17, 15) is 14.4 Å². The molecule has 1 fully saturated rings. The number of aromatic nitrogens is 3. The Morgan fingerprint density at radius 3 is 2.85 bits per heavy atom. The normalized spacial score (nSPS) is 15.5. The Kier molecular flexibility index (Phi) is 2.60. The summed E-state index contributed by atoms with van der Waals surface area (Å²) in [5, 5.41) is 15.1. The highest BCUT2D eigenvalue weighted by Crippen LogP contribution is 2.21. The van der Waals surface area contributed by atoms with Gasteiger partial charge in [0.05, 0.1) is 11.8 Å². The summed E-state index contributed by atoms with van der Waals surface area (Å²) in [7, 11) is 0. The van der Waals surface area contributed by atoms with Crippen molar-refractivity contribution in [2.24, 2.45) is 0 Å². The number of anilines is 1. The highest BCUT2D eigenvalue weighted by molar-refractivity contribution is 6.07. The highest BCUT2D eigenvalue weighted by atomic mass is 16.4. The number of imide groups is 1. The van der Waals surface area contributed by atoms with Gasteiger partial charge in [0.15, 0.2) is 5.65 Å². The van der Waals surface area contributed by atoms with Crippen molar-refractivity contribution < 1.29 is 19.5 Å². The van der Waals surface area contributed by atoms with Crippen molar-refractivity contribution in [1.29, 1.82) is 0 Å².